The zero-order chi connectivity index (χ0) is 19.3. The third-order valence-electron chi connectivity index (χ3n) is 3.80. The van der Waals surface area contributed by atoms with E-state index in [1.54, 1.807) is 0 Å². The van der Waals surface area contributed by atoms with Gasteiger partial charge in [-0.15, -0.1) is 0 Å². The molecule has 0 unspecified atom stereocenters. The van der Waals surface area contributed by atoms with Gasteiger partial charge in [-0.25, -0.2) is 14.4 Å². The molecule has 2 rings (SSSR count). The van der Waals surface area contributed by atoms with Gasteiger partial charge in [0.05, 0.1) is 23.0 Å². The fourth-order valence-electron chi connectivity index (χ4n) is 2.47. The van der Waals surface area contributed by atoms with Gasteiger partial charge >= 0.3 is 0 Å². The number of nitrogens with two attached hydrogens (primary N) is 2. The molecule has 0 aliphatic heterocycles. The van der Waals surface area contributed by atoms with Crippen LogP contribution in [0.4, 0.5) is 10.2 Å². The molecule has 0 saturated heterocycles. The first kappa shape index (κ1) is 19.7. The van der Waals surface area contributed by atoms with Gasteiger partial charge in [-0.05, 0) is 12.5 Å². The molecular formula is C17H19ClFN5O2. The molecule has 0 aliphatic rings. The van der Waals surface area contributed by atoms with Gasteiger partial charge in [-0.2, -0.15) is 0 Å². The van der Waals surface area contributed by atoms with Gasteiger partial charge in [-0.1, -0.05) is 24.6 Å². The number of nitrogens with one attached hydrogen (secondary N) is 1. The van der Waals surface area contributed by atoms with Crippen molar-refractivity contribution in [2.45, 2.75) is 25.8 Å². The summed E-state index contributed by atoms with van der Waals surface area (Å²) >= 11 is 6.06. The molecule has 1 aromatic heterocycles. The average Bonchev–Trinajstić information content (AvgIpc) is 2.60. The first-order valence-electron chi connectivity index (χ1n) is 7.97. The summed E-state index contributed by atoms with van der Waals surface area (Å²) < 4.78 is 15.1. The quantitative estimate of drug-likeness (QED) is 0.602. The number of hydrogen-bond acceptors (Lipinski definition) is 6. The minimum absolute atomic E-state index is 0.0261. The highest BCUT2D eigenvalue weighted by Crippen LogP contribution is 2.29. The molecule has 138 valence electrons. The van der Waals surface area contributed by atoms with E-state index in [0.717, 1.165) is 0 Å². The molecular weight excluding hydrogens is 361 g/mol. The van der Waals surface area contributed by atoms with E-state index in [0.29, 0.717) is 13.0 Å². The van der Waals surface area contributed by atoms with Crippen LogP contribution in [0, 0.1) is 5.82 Å². The van der Waals surface area contributed by atoms with E-state index in [1.165, 1.54) is 24.5 Å². The van der Waals surface area contributed by atoms with Gasteiger partial charge in [0.25, 0.3) is 0 Å². The SMILES string of the molecule is CC[C@@H](NCCC(N)=O)c1ccc(Cl)c(C(=O)c2cnc(N)cn2)c1F. The van der Waals surface area contributed by atoms with Crippen molar-refractivity contribution in [1.82, 2.24) is 15.3 Å². The first-order valence-corrected chi connectivity index (χ1v) is 8.34. The molecule has 1 aromatic carbocycles. The Morgan fingerprint density at radius 2 is 2.04 bits per heavy atom. The molecule has 0 saturated carbocycles. The molecule has 5 N–H and O–H groups in total. The second-order valence-corrected chi connectivity index (χ2v) is 6.02. The highest BCUT2D eigenvalue weighted by molar-refractivity contribution is 6.34. The number of ketones is 1. The van der Waals surface area contributed by atoms with Crippen LogP contribution in [0.15, 0.2) is 24.5 Å². The molecule has 0 fully saturated rings. The minimum atomic E-state index is -0.737. The van der Waals surface area contributed by atoms with Crippen molar-refractivity contribution in [3.63, 3.8) is 0 Å². The number of amides is 1. The lowest BCUT2D eigenvalue weighted by Crippen LogP contribution is -2.27. The summed E-state index contributed by atoms with van der Waals surface area (Å²) in [4.78, 5) is 31.1. The van der Waals surface area contributed by atoms with E-state index in [2.05, 4.69) is 15.3 Å². The Balaban J connectivity index is 2.36. The Bertz CT molecular complexity index is 814. The van der Waals surface area contributed by atoms with Crippen LogP contribution in [0.1, 0.15) is 47.4 Å². The summed E-state index contributed by atoms with van der Waals surface area (Å²) in [6.07, 6.45) is 3.04. The average molecular weight is 380 g/mol. The number of hydrogen-bond donors (Lipinski definition) is 3. The van der Waals surface area contributed by atoms with Gasteiger partial charge in [0.1, 0.15) is 17.3 Å². The topological polar surface area (TPSA) is 124 Å². The van der Waals surface area contributed by atoms with E-state index in [4.69, 9.17) is 23.1 Å². The second kappa shape index (κ2) is 8.68. The Kier molecular flexibility index (Phi) is 6.59. The van der Waals surface area contributed by atoms with Crippen molar-refractivity contribution in [2.75, 3.05) is 12.3 Å². The van der Waals surface area contributed by atoms with Crippen LogP contribution in [0.3, 0.4) is 0 Å². The summed E-state index contributed by atoms with van der Waals surface area (Å²) in [7, 11) is 0. The Morgan fingerprint density at radius 3 is 2.62 bits per heavy atom. The van der Waals surface area contributed by atoms with Crippen molar-refractivity contribution in [1.29, 1.82) is 0 Å². The van der Waals surface area contributed by atoms with E-state index < -0.39 is 23.5 Å². The number of primary amides is 1. The van der Waals surface area contributed by atoms with E-state index in [1.807, 2.05) is 6.92 Å². The van der Waals surface area contributed by atoms with Crippen molar-refractivity contribution in [2.24, 2.45) is 5.73 Å². The number of halogens is 2. The molecule has 1 heterocycles. The van der Waals surface area contributed by atoms with Crippen molar-refractivity contribution < 1.29 is 14.0 Å². The fraction of sp³-hybridized carbons (Fsp3) is 0.294. The van der Waals surface area contributed by atoms with E-state index in [-0.39, 0.29) is 34.1 Å². The largest absolute Gasteiger partial charge is 0.382 e. The third-order valence-corrected chi connectivity index (χ3v) is 4.11. The number of anilines is 1. The zero-order valence-electron chi connectivity index (χ0n) is 14.1. The Morgan fingerprint density at radius 1 is 1.31 bits per heavy atom. The lowest BCUT2D eigenvalue weighted by Gasteiger charge is -2.19. The molecule has 2 aromatic rings. The number of nitrogens with zero attached hydrogens (tertiary/aromatic N) is 2. The van der Waals surface area contributed by atoms with Crippen LogP contribution < -0.4 is 16.8 Å². The van der Waals surface area contributed by atoms with Gasteiger partial charge in [0, 0.05) is 24.6 Å². The summed E-state index contributed by atoms with van der Waals surface area (Å²) in [5.41, 5.74) is 10.5. The van der Waals surface area contributed by atoms with Crippen LogP contribution in [0.5, 0.6) is 0 Å². The number of carbonyl (C=O) groups excluding carboxylic acids is 2. The summed E-state index contributed by atoms with van der Waals surface area (Å²) in [5.74, 6) is -1.73. The van der Waals surface area contributed by atoms with Gasteiger partial charge in [0.2, 0.25) is 11.7 Å². The maximum atomic E-state index is 15.1. The predicted molar refractivity (Wildman–Crippen MR) is 96.1 cm³/mol. The third kappa shape index (κ3) is 4.53. The molecule has 26 heavy (non-hydrogen) atoms. The van der Waals surface area contributed by atoms with E-state index >= 15 is 4.39 Å². The number of rotatable bonds is 8. The lowest BCUT2D eigenvalue weighted by molar-refractivity contribution is -0.117. The molecule has 7 nitrogen and oxygen atoms in total. The number of carbonyl (C=O) groups is 2. The standard InChI is InChI=1S/C17H19ClFN5O2/c1-2-11(22-6-5-14(21)25)9-3-4-10(18)15(16(9)19)17(26)12-7-24-13(20)8-23-12/h3-4,7-8,11,22H,2,5-6H2,1H3,(H2,20,24)(H2,21,25)/t11-/m1/s1. The molecule has 9 heteroatoms. The highest BCUT2D eigenvalue weighted by Gasteiger charge is 2.24. The summed E-state index contributed by atoms with van der Waals surface area (Å²) in [6.45, 7) is 2.14. The van der Waals surface area contributed by atoms with Crippen molar-refractivity contribution >= 4 is 29.1 Å². The summed E-state index contributed by atoms with van der Waals surface area (Å²) in [6, 6.07) is 2.56. The van der Waals surface area contributed by atoms with Crippen LogP contribution in [0.2, 0.25) is 5.02 Å². The zero-order valence-corrected chi connectivity index (χ0v) is 14.9. The molecule has 1 atom stereocenters. The minimum Gasteiger partial charge on any atom is -0.382 e. The Hall–Kier alpha value is -2.58. The van der Waals surface area contributed by atoms with Crippen LogP contribution in [-0.2, 0) is 4.79 Å². The second-order valence-electron chi connectivity index (χ2n) is 5.61. The Labute approximate surface area is 155 Å². The maximum Gasteiger partial charge on any atom is 0.218 e. The molecule has 0 aliphatic carbocycles. The van der Waals surface area contributed by atoms with Crippen LogP contribution >= 0.6 is 11.6 Å². The normalized spacial score (nSPS) is 12.0. The van der Waals surface area contributed by atoms with Crippen molar-refractivity contribution in [3.05, 3.63) is 52.2 Å². The molecule has 0 radical (unpaired) electrons. The van der Waals surface area contributed by atoms with Gasteiger partial charge in [-0.3, -0.25) is 9.59 Å². The van der Waals surface area contributed by atoms with Gasteiger partial charge < -0.3 is 16.8 Å². The monoisotopic (exact) mass is 379 g/mol. The molecule has 0 spiro atoms. The highest BCUT2D eigenvalue weighted by atomic mass is 35.5. The molecule has 0 bridgehead atoms. The maximum absolute atomic E-state index is 15.1. The fourth-order valence-corrected chi connectivity index (χ4v) is 2.70. The van der Waals surface area contributed by atoms with Crippen LogP contribution in [0.25, 0.3) is 0 Å². The number of aromatic nitrogens is 2. The number of nitrogen functional groups attached to an aromatic ring is 1. The van der Waals surface area contributed by atoms with Gasteiger partial charge in [0.15, 0.2) is 0 Å². The smallest absolute Gasteiger partial charge is 0.218 e. The van der Waals surface area contributed by atoms with Crippen LogP contribution in [-0.4, -0.2) is 28.2 Å². The lowest BCUT2D eigenvalue weighted by atomic mass is 9.98. The van der Waals surface area contributed by atoms with Crippen molar-refractivity contribution in [3.8, 4) is 0 Å². The van der Waals surface area contributed by atoms with E-state index in [9.17, 15) is 9.59 Å². The summed E-state index contributed by atoms with van der Waals surface area (Å²) in [5, 5.41) is 3.02. The first-order chi connectivity index (χ1) is 12.3. The number of benzene rings is 1. The molecule has 1 amide bonds. The predicted octanol–water partition coefficient (Wildman–Crippen LogP) is 2.00.